The number of hydrogen-bond donors (Lipinski definition) is 2. The van der Waals surface area contributed by atoms with Crippen LogP contribution in [0.25, 0.3) is 44.7 Å². The van der Waals surface area contributed by atoms with Crippen molar-refractivity contribution in [2.45, 2.75) is 26.9 Å². The molecule has 2 aromatic carbocycles. The van der Waals surface area contributed by atoms with E-state index in [1.807, 2.05) is 32.8 Å². The Bertz CT molecular complexity index is 1900. The van der Waals surface area contributed by atoms with Gasteiger partial charge in [0.2, 0.25) is 10.9 Å². The van der Waals surface area contributed by atoms with E-state index in [2.05, 4.69) is 20.8 Å². The molecule has 45 heavy (non-hydrogen) atoms. The summed E-state index contributed by atoms with van der Waals surface area (Å²) in [5, 5.41) is 15.1. The minimum atomic E-state index is -0.476. The summed E-state index contributed by atoms with van der Waals surface area (Å²) in [6.07, 6.45) is 3.25. The van der Waals surface area contributed by atoms with Gasteiger partial charge in [0, 0.05) is 88.6 Å². The van der Waals surface area contributed by atoms with E-state index in [1.165, 1.54) is 12.1 Å². The molecule has 2 aliphatic rings. The van der Waals surface area contributed by atoms with Gasteiger partial charge >= 0.3 is 0 Å². The summed E-state index contributed by atoms with van der Waals surface area (Å²) in [4.78, 5) is 31.3. The van der Waals surface area contributed by atoms with Crippen LogP contribution in [0.5, 0.6) is 0 Å². The highest BCUT2D eigenvalue weighted by atomic mass is 19.1. The highest BCUT2D eigenvalue weighted by Gasteiger charge is 2.24. The van der Waals surface area contributed by atoms with Crippen molar-refractivity contribution in [1.82, 2.24) is 30.0 Å². The quantitative estimate of drug-likeness (QED) is 0.297. The van der Waals surface area contributed by atoms with Gasteiger partial charge in [0.05, 0.1) is 22.4 Å². The molecule has 0 atom stereocenters. The molecule has 0 spiro atoms. The van der Waals surface area contributed by atoms with Crippen LogP contribution < -0.4 is 31.3 Å². The van der Waals surface area contributed by atoms with E-state index in [0.29, 0.717) is 61.7 Å². The Kier molecular flexibility index (Phi) is 7.58. The maximum Gasteiger partial charge on any atom is 0.253 e. The zero-order valence-corrected chi connectivity index (χ0v) is 25.2. The molecular weight excluding hydrogens is 582 g/mol. The van der Waals surface area contributed by atoms with E-state index in [0.717, 1.165) is 26.2 Å². The van der Waals surface area contributed by atoms with Crippen molar-refractivity contribution < 1.29 is 13.2 Å². The van der Waals surface area contributed by atoms with E-state index in [1.54, 1.807) is 24.5 Å². The second-order valence-electron chi connectivity index (χ2n) is 11.3. The summed E-state index contributed by atoms with van der Waals surface area (Å²) in [6.45, 7) is 10.5. The summed E-state index contributed by atoms with van der Waals surface area (Å²) in [5.41, 5.74) is 1.40. The average Bonchev–Trinajstić information content (AvgIpc) is 3.56. The molecule has 3 aromatic heterocycles. The Labute approximate surface area is 257 Å². The number of hydrogen-bond acceptors (Lipinski definition) is 9. The lowest BCUT2D eigenvalue weighted by Crippen LogP contribution is -2.43. The Morgan fingerprint density at radius 2 is 1.09 bits per heavy atom. The number of nitrogens with zero attached hydrogens (tertiary/aromatic N) is 6. The first-order valence-electron chi connectivity index (χ1n) is 15.4. The molecule has 2 aliphatic heterocycles. The van der Waals surface area contributed by atoms with Crippen LogP contribution >= 0.6 is 0 Å². The molecule has 5 heterocycles. The molecule has 2 N–H and O–H groups in total. The molecule has 234 valence electrons. The maximum absolute atomic E-state index is 15.4. The third-order valence-corrected chi connectivity index (χ3v) is 8.78. The van der Waals surface area contributed by atoms with Gasteiger partial charge in [-0.25, -0.2) is 8.78 Å². The fraction of sp³-hybridized carbons (Fsp3) is 0.375. The summed E-state index contributed by atoms with van der Waals surface area (Å²) >= 11 is 0. The van der Waals surface area contributed by atoms with Gasteiger partial charge in [-0.2, -0.15) is 0 Å². The zero-order valence-electron chi connectivity index (χ0n) is 25.2. The van der Waals surface area contributed by atoms with E-state index in [-0.39, 0.29) is 33.7 Å². The van der Waals surface area contributed by atoms with Gasteiger partial charge < -0.3 is 34.0 Å². The van der Waals surface area contributed by atoms with Gasteiger partial charge in [-0.3, -0.25) is 9.59 Å². The predicted octanol–water partition coefficient (Wildman–Crippen LogP) is 3.17. The van der Waals surface area contributed by atoms with Crippen molar-refractivity contribution in [3.63, 3.8) is 0 Å². The van der Waals surface area contributed by atoms with Crippen molar-refractivity contribution in [3.05, 3.63) is 68.7 Å². The van der Waals surface area contributed by atoms with E-state index >= 15 is 8.78 Å². The third-order valence-electron chi connectivity index (χ3n) is 8.78. The molecule has 2 fully saturated rings. The highest BCUT2D eigenvalue weighted by molar-refractivity contribution is 5.87. The average molecular weight is 617 g/mol. The molecule has 0 unspecified atom stereocenters. The number of fused-ring (bicyclic) bond motifs is 2. The lowest BCUT2D eigenvalue weighted by molar-refractivity contribution is 0.566. The number of piperazine rings is 2. The van der Waals surface area contributed by atoms with Gasteiger partial charge in [0.25, 0.3) is 11.8 Å². The number of aryl methyl sites for hydroxylation is 2. The van der Waals surface area contributed by atoms with E-state index < -0.39 is 22.5 Å². The number of rotatable bonds is 6. The Balaban J connectivity index is 1.30. The number of pyridine rings is 2. The zero-order chi connectivity index (χ0) is 31.2. The number of nitrogens with one attached hydrogen (secondary N) is 2. The smallest absolute Gasteiger partial charge is 0.253 e. The van der Waals surface area contributed by atoms with Crippen LogP contribution in [0.15, 0.2) is 50.7 Å². The number of halogens is 2. The van der Waals surface area contributed by atoms with E-state index in [9.17, 15) is 9.59 Å². The van der Waals surface area contributed by atoms with Crippen molar-refractivity contribution >= 4 is 33.2 Å². The van der Waals surface area contributed by atoms with Crippen LogP contribution in [0.3, 0.4) is 0 Å². The standard InChI is InChI=1S/C32H34F2N8O3/c1-3-39-17-21(29(43)19-13-23(33)27(15-25(19)39)41-9-5-35-6-10-41)31-37-38-32(45-31)22-18-40(4-2)26-16-28(42-11-7-36-8-12-42)24(34)14-20(26)30(22)44/h13-18,35-36H,3-12H2,1-2H3. The van der Waals surface area contributed by atoms with E-state index in [4.69, 9.17) is 4.42 Å². The normalized spacial score (nSPS) is 15.8. The summed E-state index contributed by atoms with van der Waals surface area (Å²) < 4.78 is 40.3. The van der Waals surface area contributed by atoms with Crippen LogP contribution in [0.1, 0.15) is 13.8 Å². The molecule has 0 aliphatic carbocycles. The molecule has 7 rings (SSSR count). The van der Waals surface area contributed by atoms with Gasteiger partial charge in [-0.15, -0.1) is 10.2 Å². The first-order chi connectivity index (χ1) is 21.9. The molecule has 0 amide bonds. The second-order valence-corrected chi connectivity index (χ2v) is 11.3. The van der Waals surface area contributed by atoms with Crippen LogP contribution in [-0.2, 0) is 13.1 Å². The monoisotopic (exact) mass is 616 g/mol. The number of anilines is 2. The SMILES string of the molecule is CCn1cc(-c2nnc(-c3cn(CC)c4cc(N5CCNCC5)c(F)cc4c3=O)o2)c(=O)c2cc(F)c(N3CCNCC3)cc21. The fourth-order valence-corrected chi connectivity index (χ4v) is 6.36. The highest BCUT2D eigenvalue weighted by Crippen LogP contribution is 2.30. The summed E-state index contributed by atoms with van der Waals surface area (Å²) in [5.74, 6) is -1.13. The van der Waals surface area contributed by atoms with Gasteiger partial charge in [0.15, 0.2) is 0 Å². The van der Waals surface area contributed by atoms with Gasteiger partial charge in [0.1, 0.15) is 22.8 Å². The molecule has 13 heteroatoms. The fourth-order valence-electron chi connectivity index (χ4n) is 6.36. The first-order valence-corrected chi connectivity index (χ1v) is 15.4. The van der Waals surface area contributed by atoms with Crippen molar-refractivity contribution in [2.24, 2.45) is 0 Å². The second kappa shape index (κ2) is 11.7. The summed E-state index contributed by atoms with van der Waals surface area (Å²) in [6, 6.07) is 5.99. The lowest BCUT2D eigenvalue weighted by atomic mass is 10.1. The number of benzene rings is 2. The Morgan fingerprint density at radius 1 is 0.689 bits per heavy atom. The molecule has 2 saturated heterocycles. The Morgan fingerprint density at radius 3 is 1.47 bits per heavy atom. The lowest BCUT2D eigenvalue weighted by Gasteiger charge is -2.30. The Hall–Kier alpha value is -4.62. The molecule has 0 saturated carbocycles. The molecule has 5 aromatic rings. The van der Waals surface area contributed by atoms with Gasteiger partial charge in [-0.1, -0.05) is 0 Å². The minimum Gasteiger partial charge on any atom is -0.416 e. The molecular formula is C32H34F2N8O3. The summed E-state index contributed by atoms with van der Waals surface area (Å²) in [7, 11) is 0. The molecule has 0 bridgehead atoms. The van der Waals surface area contributed by atoms with Crippen LogP contribution in [0.4, 0.5) is 20.2 Å². The molecule has 11 nitrogen and oxygen atoms in total. The molecule has 0 radical (unpaired) electrons. The van der Waals surface area contributed by atoms with Crippen molar-refractivity contribution in [2.75, 3.05) is 62.2 Å². The minimum absolute atomic E-state index is 0.0894. The van der Waals surface area contributed by atoms with Crippen LogP contribution in [-0.4, -0.2) is 71.7 Å². The van der Waals surface area contributed by atoms with Crippen molar-refractivity contribution in [3.8, 4) is 22.9 Å². The predicted molar refractivity (Wildman–Crippen MR) is 170 cm³/mol. The van der Waals surface area contributed by atoms with Gasteiger partial charge in [-0.05, 0) is 38.1 Å². The third kappa shape index (κ3) is 5.05. The number of aromatic nitrogens is 4. The topological polar surface area (TPSA) is 113 Å². The van der Waals surface area contributed by atoms with Crippen LogP contribution in [0, 0.1) is 11.6 Å². The van der Waals surface area contributed by atoms with Crippen molar-refractivity contribution in [1.29, 1.82) is 0 Å². The largest absolute Gasteiger partial charge is 0.416 e. The van der Waals surface area contributed by atoms with Crippen LogP contribution in [0.2, 0.25) is 0 Å². The first kappa shape index (κ1) is 29.1. The maximum atomic E-state index is 15.4.